The first kappa shape index (κ1) is 25.8. The van der Waals surface area contributed by atoms with Gasteiger partial charge in [-0.15, -0.1) is 0 Å². The van der Waals surface area contributed by atoms with E-state index in [1.54, 1.807) is 25.1 Å². The van der Waals surface area contributed by atoms with E-state index in [0.29, 0.717) is 61.4 Å². The number of ether oxygens (including phenoxy) is 2. The number of benzene rings is 1. The Morgan fingerprint density at radius 1 is 1.14 bits per heavy atom. The van der Waals surface area contributed by atoms with E-state index in [4.69, 9.17) is 21.7 Å². The Bertz CT molecular complexity index is 1200. The number of rotatable bonds is 7. The summed E-state index contributed by atoms with van der Waals surface area (Å²) in [5.74, 6) is -0.434. The third kappa shape index (κ3) is 5.93. The summed E-state index contributed by atoms with van der Waals surface area (Å²) < 4.78 is 26.0. The summed E-state index contributed by atoms with van der Waals surface area (Å²) in [6, 6.07) is 9.67. The number of halogens is 1. The van der Waals surface area contributed by atoms with Gasteiger partial charge in [-0.25, -0.2) is 9.18 Å². The van der Waals surface area contributed by atoms with Crippen molar-refractivity contribution in [3.63, 3.8) is 0 Å². The zero-order valence-electron chi connectivity index (χ0n) is 20.7. The van der Waals surface area contributed by atoms with Crippen molar-refractivity contribution in [1.29, 1.82) is 0 Å². The second kappa shape index (κ2) is 11.2. The van der Waals surface area contributed by atoms with Crippen LogP contribution in [0.15, 0.2) is 41.2 Å². The SMILES string of the molecule is CC(=S)NC[C@H]1CN(c2ccc(Nc3ccc(=O)c(N4CCOCC4)cc3C(C)C)c(F)c2)C(=O)O1. The summed E-state index contributed by atoms with van der Waals surface area (Å²) in [6.45, 7) is 8.96. The average Bonchev–Trinajstić information content (AvgIpc) is 3.14. The number of hydrogen-bond acceptors (Lipinski definition) is 7. The lowest BCUT2D eigenvalue weighted by Gasteiger charge is -2.28. The first-order valence-electron chi connectivity index (χ1n) is 12.0. The molecule has 8 nitrogen and oxygen atoms in total. The van der Waals surface area contributed by atoms with Gasteiger partial charge in [0.2, 0.25) is 5.43 Å². The summed E-state index contributed by atoms with van der Waals surface area (Å²) in [4.78, 5) is 29.2. The van der Waals surface area contributed by atoms with Crippen molar-refractivity contribution in [3.8, 4) is 0 Å². The van der Waals surface area contributed by atoms with Crippen LogP contribution in [0.2, 0.25) is 0 Å². The minimum atomic E-state index is -0.528. The van der Waals surface area contributed by atoms with E-state index in [9.17, 15) is 9.59 Å². The molecule has 1 atom stereocenters. The van der Waals surface area contributed by atoms with Crippen molar-refractivity contribution in [3.05, 3.63) is 58.0 Å². The zero-order chi connectivity index (χ0) is 25.8. The van der Waals surface area contributed by atoms with Gasteiger partial charge in [-0.1, -0.05) is 26.1 Å². The van der Waals surface area contributed by atoms with Gasteiger partial charge in [0.15, 0.2) is 0 Å². The molecule has 2 saturated heterocycles. The van der Waals surface area contributed by atoms with Crippen molar-refractivity contribution in [2.75, 3.05) is 54.5 Å². The van der Waals surface area contributed by atoms with Gasteiger partial charge in [0.05, 0.1) is 48.4 Å². The van der Waals surface area contributed by atoms with Crippen LogP contribution in [0.5, 0.6) is 0 Å². The first-order valence-corrected chi connectivity index (χ1v) is 12.4. The molecule has 0 spiro atoms. The third-order valence-corrected chi connectivity index (χ3v) is 6.36. The number of carbonyl (C=O) groups excluding carboxylic acids is 1. The lowest BCUT2D eigenvalue weighted by atomic mass is 10.0. The van der Waals surface area contributed by atoms with Gasteiger partial charge < -0.3 is 25.0 Å². The molecule has 2 aromatic rings. The maximum Gasteiger partial charge on any atom is 0.414 e. The van der Waals surface area contributed by atoms with Crippen LogP contribution in [0.4, 0.5) is 31.9 Å². The van der Waals surface area contributed by atoms with Crippen LogP contribution in [0.3, 0.4) is 0 Å². The molecule has 2 N–H and O–H groups in total. The highest BCUT2D eigenvalue weighted by Crippen LogP contribution is 2.31. The average molecular weight is 515 g/mol. The molecule has 0 unspecified atom stereocenters. The van der Waals surface area contributed by atoms with Crippen LogP contribution in [0.1, 0.15) is 32.3 Å². The fraction of sp³-hybridized carbons (Fsp3) is 0.423. The lowest BCUT2D eigenvalue weighted by molar-refractivity contribution is 0.122. The summed E-state index contributed by atoms with van der Waals surface area (Å²) in [6.07, 6.45) is -0.907. The number of nitrogens with one attached hydrogen (secondary N) is 2. The molecule has 2 fully saturated rings. The smallest absolute Gasteiger partial charge is 0.414 e. The van der Waals surface area contributed by atoms with Crippen molar-refractivity contribution >= 4 is 46.0 Å². The molecule has 192 valence electrons. The molecule has 4 rings (SSSR count). The molecule has 0 aromatic heterocycles. The van der Waals surface area contributed by atoms with E-state index in [-0.39, 0.29) is 23.1 Å². The van der Waals surface area contributed by atoms with Crippen LogP contribution in [0.25, 0.3) is 0 Å². The van der Waals surface area contributed by atoms with Crippen molar-refractivity contribution in [2.45, 2.75) is 32.8 Å². The zero-order valence-corrected chi connectivity index (χ0v) is 21.5. The molecule has 0 radical (unpaired) electrons. The number of thiocarbonyl (C=S) groups is 1. The Balaban J connectivity index is 1.57. The normalized spacial score (nSPS) is 17.8. The number of anilines is 4. The van der Waals surface area contributed by atoms with E-state index in [1.807, 2.05) is 24.8 Å². The Kier molecular flexibility index (Phi) is 8.05. The summed E-state index contributed by atoms with van der Waals surface area (Å²) in [5.41, 5.74) is 2.72. The fourth-order valence-electron chi connectivity index (χ4n) is 4.29. The Hall–Kier alpha value is -3.24. The summed E-state index contributed by atoms with van der Waals surface area (Å²) in [5, 5.41) is 6.14. The van der Waals surface area contributed by atoms with Crippen molar-refractivity contribution < 1.29 is 18.7 Å². The maximum atomic E-state index is 15.2. The predicted molar refractivity (Wildman–Crippen MR) is 143 cm³/mol. The van der Waals surface area contributed by atoms with E-state index >= 15 is 4.39 Å². The number of morpholine rings is 1. The highest BCUT2D eigenvalue weighted by atomic mass is 32.1. The van der Waals surface area contributed by atoms with Gasteiger partial charge in [0.1, 0.15) is 11.9 Å². The second-order valence-electron chi connectivity index (χ2n) is 9.19. The molecular weight excluding hydrogens is 483 g/mol. The number of amides is 1. The van der Waals surface area contributed by atoms with Crippen LogP contribution < -0.4 is 25.9 Å². The molecule has 0 saturated carbocycles. The Morgan fingerprint density at radius 3 is 2.53 bits per heavy atom. The molecule has 0 aliphatic carbocycles. The lowest BCUT2D eigenvalue weighted by Crippen LogP contribution is -2.38. The summed E-state index contributed by atoms with van der Waals surface area (Å²) in [7, 11) is 0. The number of cyclic esters (lactones) is 1. The second-order valence-corrected chi connectivity index (χ2v) is 9.81. The minimum Gasteiger partial charge on any atom is -0.442 e. The summed E-state index contributed by atoms with van der Waals surface area (Å²) >= 11 is 5.00. The minimum absolute atomic E-state index is 0.0855. The molecule has 0 bridgehead atoms. The van der Waals surface area contributed by atoms with E-state index < -0.39 is 11.9 Å². The van der Waals surface area contributed by atoms with Crippen LogP contribution in [-0.2, 0) is 9.47 Å². The largest absolute Gasteiger partial charge is 0.442 e. The van der Waals surface area contributed by atoms with E-state index in [1.165, 1.54) is 17.0 Å². The van der Waals surface area contributed by atoms with Gasteiger partial charge in [0.25, 0.3) is 0 Å². The molecule has 1 amide bonds. The van der Waals surface area contributed by atoms with Crippen LogP contribution in [-0.4, -0.2) is 56.6 Å². The van der Waals surface area contributed by atoms with Gasteiger partial charge in [-0.2, -0.15) is 0 Å². The molecule has 2 heterocycles. The fourth-order valence-corrected chi connectivity index (χ4v) is 4.38. The number of carbonyl (C=O) groups is 1. The van der Waals surface area contributed by atoms with Gasteiger partial charge in [-0.3, -0.25) is 9.69 Å². The first-order chi connectivity index (χ1) is 17.2. The highest BCUT2D eigenvalue weighted by Gasteiger charge is 2.32. The van der Waals surface area contributed by atoms with Crippen LogP contribution in [0, 0.1) is 5.82 Å². The molecule has 2 aromatic carbocycles. The van der Waals surface area contributed by atoms with Gasteiger partial charge >= 0.3 is 6.09 Å². The molecule has 2 aliphatic rings. The Morgan fingerprint density at radius 2 is 1.86 bits per heavy atom. The topological polar surface area (TPSA) is 83.1 Å². The third-order valence-electron chi connectivity index (χ3n) is 6.22. The van der Waals surface area contributed by atoms with Crippen LogP contribution >= 0.6 is 12.2 Å². The number of hydrogen-bond donors (Lipinski definition) is 2. The highest BCUT2D eigenvalue weighted by molar-refractivity contribution is 7.80. The van der Waals surface area contributed by atoms with Crippen molar-refractivity contribution in [1.82, 2.24) is 5.32 Å². The van der Waals surface area contributed by atoms with E-state index in [0.717, 1.165) is 5.56 Å². The quantitative estimate of drug-likeness (QED) is 0.534. The molecule has 2 aliphatic heterocycles. The standard InChI is InChI=1S/C26H31FN4O4S/c1-16(2)20-13-24(30-8-10-34-11-9-30)25(32)7-6-22(20)29-23-5-4-18(12-21(23)27)31-15-19(35-26(31)33)14-28-17(3)36/h4-7,12-13,16,19,29H,8-11,14-15H2,1-3H3,(H,28,36)/t19-/m0/s1. The predicted octanol–water partition coefficient (Wildman–Crippen LogP) is 4.15. The van der Waals surface area contributed by atoms with Gasteiger partial charge in [0, 0.05) is 18.8 Å². The van der Waals surface area contributed by atoms with Gasteiger partial charge in [-0.05, 0) is 54.8 Å². The van der Waals surface area contributed by atoms with Crippen molar-refractivity contribution in [2.24, 2.45) is 0 Å². The monoisotopic (exact) mass is 514 g/mol. The number of nitrogens with zero attached hydrogens (tertiary/aromatic N) is 2. The molecule has 36 heavy (non-hydrogen) atoms. The Labute approximate surface area is 215 Å². The molecule has 10 heteroatoms. The van der Waals surface area contributed by atoms with E-state index in [2.05, 4.69) is 10.6 Å². The molecular formula is C26H31FN4O4S. The maximum absolute atomic E-state index is 15.2.